The predicted molar refractivity (Wildman–Crippen MR) is 93.7 cm³/mol. The standard InChI is InChI=1S/C20H27BrO/c1-12(21)18-7-8-19-17-5-3-13-11-14(22)4-6-15(13)16(17)9-10-20(18,19)2/h11,15-17,19H,3-10H2,1-2H3/t15-,16+,17+,19-,20+/m0/s1. The summed E-state index contributed by atoms with van der Waals surface area (Å²) in [7, 11) is 0. The van der Waals surface area contributed by atoms with Crippen molar-refractivity contribution in [3.05, 3.63) is 21.7 Å². The highest BCUT2D eigenvalue weighted by Crippen LogP contribution is 2.64. The summed E-state index contributed by atoms with van der Waals surface area (Å²) in [5.74, 6) is 3.76. The summed E-state index contributed by atoms with van der Waals surface area (Å²) in [5.41, 5.74) is 3.66. The summed E-state index contributed by atoms with van der Waals surface area (Å²) < 4.78 is 1.40. The van der Waals surface area contributed by atoms with Crippen LogP contribution in [0, 0.1) is 29.1 Å². The van der Waals surface area contributed by atoms with E-state index < -0.39 is 0 Å². The average Bonchev–Trinajstić information content (AvgIpc) is 2.84. The zero-order chi connectivity index (χ0) is 15.5. The zero-order valence-electron chi connectivity index (χ0n) is 13.8. The smallest absolute Gasteiger partial charge is 0.155 e. The molecule has 0 aromatic heterocycles. The van der Waals surface area contributed by atoms with Crippen LogP contribution in [0.3, 0.4) is 0 Å². The Labute approximate surface area is 142 Å². The van der Waals surface area contributed by atoms with Crippen LogP contribution < -0.4 is 0 Å². The molecular weight excluding hydrogens is 336 g/mol. The van der Waals surface area contributed by atoms with E-state index in [9.17, 15) is 4.79 Å². The molecule has 0 aromatic carbocycles. The van der Waals surface area contributed by atoms with Crippen LogP contribution in [0.1, 0.15) is 65.2 Å². The lowest BCUT2D eigenvalue weighted by Crippen LogP contribution is -2.45. The fraction of sp³-hybridized carbons (Fsp3) is 0.750. The Bertz CT molecular complexity index is 568. The summed E-state index contributed by atoms with van der Waals surface area (Å²) in [6.07, 6.45) is 11.9. The maximum absolute atomic E-state index is 11.7. The van der Waals surface area contributed by atoms with Crippen LogP contribution in [0.5, 0.6) is 0 Å². The molecule has 3 fully saturated rings. The second-order valence-corrected chi connectivity index (χ2v) is 9.50. The van der Waals surface area contributed by atoms with Gasteiger partial charge in [-0.25, -0.2) is 0 Å². The van der Waals surface area contributed by atoms with Crippen molar-refractivity contribution in [2.45, 2.75) is 65.2 Å². The van der Waals surface area contributed by atoms with Crippen LogP contribution in [0.4, 0.5) is 0 Å². The summed E-state index contributed by atoms with van der Waals surface area (Å²) >= 11 is 3.78. The van der Waals surface area contributed by atoms with E-state index in [1.807, 2.05) is 6.08 Å². The molecular formula is C20H27BrO. The fourth-order valence-corrected chi connectivity index (χ4v) is 7.21. The lowest BCUT2D eigenvalue weighted by molar-refractivity contribution is -0.115. The number of carbonyl (C=O) groups is 1. The van der Waals surface area contributed by atoms with Crippen molar-refractivity contribution in [3.63, 3.8) is 0 Å². The van der Waals surface area contributed by atoms with E-state index in [-0.39, 0.29) is 0 Å². The highest BCUT2D eigenvalue weighted by atomic mass is 79.9. The highest BCUT2D eigenvalue weighted by molar-refractivity contribution is 9.11. The van der Waals surface area contributed by atoms with E-state index in [1.165, 1.54) is 48.6 Å². The van der Waals surface area contributed by atoms with Crippen molar-refractivity contribution in [2.75, 3.05) is 0 Å². The number of fused-ring (bicyclic) bond motifs is 5. The molecule has 5 atom stereocenters. The van der Waals surface area contributed by atoms with Gasteiger partial charge in [0.15, 0.2) is 5.78 Å². The van der Waals surface area contributed by atoms with Gasteiger partial charge in [-0.15, -0.1) is 0 Å². The first kappa shape index (κ1) is 15.2. The third-order valence-electron chi connectivity index (χ3n) is 7.50. The number of allylic oxidation sites excluding steroid dienone is 3. The zero-order valence-corrected chi connectivity index (χ0v) is 15.4. The van der Waals surface area contributed by atoms with Crippen molar-refractivity contribution in [1.29, 1.82) is 0 Å². The van der Waals surface area contributed by atoms with E-state index in [4.69, 9.17) is 0 Å². The Morgan fingerprint density at radius 2 is 1.95 bits per heavy atom. The number of ketones is 1. The molecule has 0 aliphatic heterocycles. The van der Waals surface area contributed by atoms with Gasteiger partial charge in [-0.3, -0.25) is 4.79 Å². The van der Waals surface area contributed by atoms with E-state index in [2.05, 4.69) is 29.8 Å². The Hall–Kier alpha value is -0.370. The molecule has 0 heterocycles. The molecule has 2 heteroatoms. The molecule has 0 unspecified atom stereocenters. The minimum atomic E-state index is 0.381. The molecule has 0 aromatic rings. The fourth-order valence-electron chi connectivity index (χ4n) is 6.56. The lowest BCUT2D eigenvalue weighted by Gasteiger charge is -2.53. The van der Waals surface area contributed by atoms with Gasteiger partial charge >= 0.3 is 0 Å². The maximum Gasteiger partial charge on any atom is 0.155 e. The maximum atomic E-state index is 11.7. The molecule has 0 radical (unpaired) electrons. The minimum absolute atomic E-state index is 0.381. The molecule has 3 saturated carbocycles. The molecule has 22 heavy (non-hydrogen) atoms. The van der Waals surface area contributed by atoms with Crippen molar-refractivity contribution < 1.29 is 4.79 Å². The molecule has 0 bridgehead atoms. The van der Waals surface area contributed by atoms with E-state index in [0.717, 1.165) is 36.5 Å². The normalized spacial score (nSPS) is 46.5. The minimum Gasteiger partial charge on any atom is -0.295 e. The van der Waals surface area contributed by atoms with Crippen molar-refractivity contribution in [2.24, 2.45) is 29.1 Å². The van der Waals surface area contributed by atoms with Crippen LogP contribution in [0.25, 0.3) is 0 Å². The lowest BCUT2D eigenvalue weighted by atomic mass is 9.52. The first-order valence-electron chi connectivity index (χ1n) is 9.10. The highest BCUT2D eigenvalue weighted by Gasteiger charge is 2.54. The van der Waals surface area contributed by atoms with E-state index in [1.54, 1.807) is 5.57 Å². The molecule has 0 N–H and O–H groups in total. The van der Waals surface area contributed by atoms with Gasteiger partial charge in [-0.2, -0.15) is 0 Å². The van der Waals surface area contributed by atoms with Gasteiger partial charge in [-0.05, 0) is 91.5 Å². The van der Waals surface area contributed by atoms with Crippen LogP contribution in [0.15, 0.2) is 21.7 Å². The molecule has 0 saturated heterocycles. The summed E-state index contributed by atoms with van der Waals surface area (Å²) in [4.78, 5) is 11.7. The van der Waals surface area contributed by atoms with Gasteiger partial charge in [0.25, 0.3) is 0 Å². The first-order valence-corrected chi connectivity index (χ1v) is 9.89. The van der Waals surface area contributed by atoms with Gasteiger partial charge in [0.1, 0.15) is 0 Å². The van der Waals surface area contributed by atoms with Crippen LogP contribution in [0.2, 0.25) is 0 Å². The Balaban J connectivity index is 1.65. The van der Waals surface area contributed by atoms with Crippen LogP contribution >= 0.6 is 15.9 Å². The second kappa shape index (κ2) is 5.33. The third kappa shape index (κ3) is 2.12. The van der Waals surface area contributed by atoms with Crippen molar-refractivity contribution >= 4 is 21.7 Å². The molecule has 4 rings (SSSR count). The quantitative estimate of drug-likeness (QED) is 0.532. The van der Waals surface area contributed by atoms with Gasteiger partial charge in [0.2, 0.25) is 0 Å². The van der Waals surface area contributed by atoms with Gasteiger partial charge < -0.3 is 0 Å². The molecule has 0 spiro atoms. The SMILES string of the molecule is CC(Br)=C1CC[C@H]2[C@@H]3CCC4=CC(=O)CC[C@@H]4[C@H]3CC[C@]12C. The Morgan fingerprint density at radius 3 is 2.73 bits per heavy atom. The number of hydrogen-bond acceptors (Lipinski definition) is 1. The predicted octanol–water partition coefficient (Wildman–Crippen LogP) is 5.80. The molecule has 0 amide bonds. The summed E-state index contributed by atoms with van der Waals surface area (Å²) in [5, 5.41) is 0. The van der Waals surface area contributed by atoms with E-state index >= 15 is 0 Å². The summed E-state index contributed by atoms with van der Waals surface area (Å²) in [6.45, 7) is 4.78. The molecule has 4 aliphatic carbocycles. The number of hydrogen-bond donors (Lipinski definition) is 0. The van der Waals surface area contributed by atoms with Crippen molar-refractivity contribution in [3.8, 4) is 0 Å². The molecule has 4 aliphatic rings. The van der Waals surface area contributed by atoms with Crippen molar-refractivity contribution in [1.82, 2.24) is 0 Å². The number of halogens is 1. The van der Waals surface area contributed by atoms with Crippen LogP contribution in [-0.4, -0.2) is 5.78 Å². The second-order valence-electron chi connectivity index (χ2n) is 8.31. The third-order valence-corrected chi connectivity index (χ3v) is 7.98. The average molecular weight is 363 g/mol. The van der Waals surface area contributed by atoms with Crippen LogP contribution in [-0.2, 0) is 4.79 Å². The Morgan fingerprint density at radius 1 is 1.14 bits per heavy atom. The topological polar surface area (TPSA) is 17.1 Å². The summed E-state index contributed by atoms with van der Waals surface area (Å²) in [6, 6.07) is 0. The molecule has 1 nitrogen and oxygen atoms in total. The first-order chi connectivity index (χ1) is 10.5. The largest absolute Gasteiger partial charge is 0.295 e. The van der Waals surface area contributed by atoms with E-state index in [0.29, 0.717) is 11.2 Å². The number of carbonyl (C=O) groups excluding carboxylic acids is 1. The van der Waals surface area contributed by atoms with Gasteiger partial charge in [0.05, 0.1) is 0 Å². The Kier molecular flexibility index (Phi) is 3.67. The molecule has 120 valence electrons. The number of rotatable bonds is 0. The van der Waals surface area contributed by atoms with Gasteiger partial charge in [0, 0.05) is 6.42 Å². The van der Waals surface area contributed by atoms with Gasteiger partial charge in [-0.1, -0.05) is 34.0 Å². The monoisotopic (exact) mass is 362 g/mol.